The molecular formula is C17H18FN. The predicted octanol–water partition coefficient (Wildman–Crippen LogP) is 3.66. The molecular weight excluding hydrogens is 237 g/mol. The van der Waals surface area contributed by atoms with Crippen molar-refractivity contribution < 1.29 is 4.39 Å². The van der Waals surface area contributed by atoms with E-state index in [2.05, 4.69) is 29.6 Å². The summed E-state index contributed by atoms with van der Waals surface area (Å²) in [7, 11) is 1.99. The zero-order chi connectivity index (χ0) is 13.2. The van der Waals surface area contributed by atoms with Crippen LogP contribution in [0.5, 0.6) is 0 Å². The van der Waals surface area contributed by atoms with Gasteiger partial charge in [0.25, 0.3) is 0 Å². The van der Waals surface area contributed by atoms with Crippen molar-refractivity contribution in [2.75, 3.05) is 13.6 Å². The number of hydrogen-bond acceptors (Lipinski definition) is 1. The van der Waals surface area contributed by atoms with Crippen molar-refractivity contribution in [3.63, 3.8) is 0 Å². The monoisotopic (exact) mass is 255 g/mol. The van der Waals surface area contributed by atoms with Gasteiger partial charge in [0.2, 0.25) is 0 Å². The van der Waals surface area contributed by atoms with Gasteiger partial charge in [0.1, 0.15) is 5.82 Å². The second kappa shape index (κ2) is 5.14. The Bertz CT molecular complexity index is 562. The number of hydrogen-bond donors (Lipinski definition) is 1. The SMILES string of the molecule is CNC[C@H]1C[C@@H](c2ccc(F)cc2)c2ccccc21. The minimum Gasteiger partial charge on any atom is -0.319 e. The van der Waals surface area contributed by atoms with Gasteiger partial charge in [0, 0.05) is 12.5 Å². The molecule has 2 atom stereocenters. The molecule has 0 radical (unpaired) electrons. The molecule has 0 unspecified atom stereocenters. The molecule has 1 N–H and O–H groups in total. The number of halogens is 1. The van der Waals surface area contributed by atoms with Crippen molar-refractivity contribution in [1.29, 1.82) is 0 Å². The fourth-order valence-corrected chi connectivity index (χ4v) is 3.19. The highest BCUT2D eigenvalue weighted by Gasteiger charge is 2.30. The second-order valence-corrected chi connectivity index (χ2v) is 5.22. The molecule has 0 aromatic heterocycles. The molecule has 3 rings (SSSR count). The van der Waals surface area contributed by atoms with Crippen LogP contribution in [0.2, 0.25) is 0 Å². The van der Waals surface area contributed by atoms with E-state index in [-0.39, 0.29) is 5.82 Å². The van der Waals surface area contributed by atoms with Crippen LogP contribution in [0.4, 0.5) is 4.39 Å². The van der Waals surface area contributed by atoms with E-state index >= 15 is 0 Å². The summed E-state index contributed by atoms with van der Waals surface area (Å²) in [6, 6.07) is 15.6. The number of benzene rings is 2. The highest BCUT2D eigenvalue weighted by Crippen LogP contribution is 2.44. The summed E-state index contributed by atoms with van der Waals surface area (Å²) in [5.74, 6) is 0.785. The number of rotatable bonds is 3. The highest BCUT2D eigenvalue weighted by atomic mass is 19.1. The van der Waals surface area contributed by atoms with Crippen LogP contribution in [-0.4, -0.2) is 13.6 Å². The Morgan fingerprint density at radius 2 is 1.74 bits per heavy atom. The molecule has 1 nitrogen and oxygen atoms in total. The van der Waals surface area contributed by atoms with E-state index in [4.69, 9.17) is 0 Å². The molecule has 0 amide bonds. The zero-order valence-corrected chi connectivity index (χ0v) is 11.1. The van der Waals surface area contributed by atoms with Crippen molar-refractivity contribution in [3.8, 4) is 0 Å². The van der Waals surface area contributed by atoms with E-state index in [0.717, 1.165) is 13.0 Å². The van der Waals surface area contributed by atoms with E-state index in [9.17, 15) is 4.39 Å². The normalized spacial score (nSPS) is 21.4. The molecule has 1 aliphatic carbocycles. The zero-order valence-electron chi connectivity index (χ0n) is 11.1. The lowest BCUT2D eigenvalue weighted by Gasteiger charge is -2.12. The number of fused-ring (bicyclic) bond motifs is 1. The van der Waals surface area contributed by atoms with Gasteiger partial charge >= 0.3 is 0 Å². The van der Waals surface area contributed by atoms with Gasteiger partial charge in [-0.1, -0.05) is 36.4 Å². The second-order valence-electron chi connectivity index (χ2n) is 5.22. The van der Waals surface area contributed by atoms with E-state index < -0.39 is 0 Å². The van der Waals surface area contributed by atoms with Crippen LogP contribution in [-0.2, 0) is 0 Å². The van der Waals surface area contributed by atoms with Crippen LogP contribution in [0.3, 0.4) is 0 Å². The van der Waals surface area contributed by atoms with E-state index in [1.807, 2.05) is 19.2 Å². The molecule has 0 heterocycles. The minimum absolute atomic E-state index is 0.165. The average molecular weight is 255 g/mol. The lowest BCUT2D eigenvalue weighted by atomic mass is 9.93. The minimum atomic E-state index is -0.165. The molecule has 0 aliphatic heterocycles. The Labute approximate surface area is 113 Å². The van der Waals surface area contributed by atoms with E-state index in [0.29, 0.717) is 11.8 Å². The highest BCUT2D eigenvalue weighted by molar-refractivity contribution is 5.44. The fraction of sp³-hybridized carbons (Fsp3) is 0.294. The Hall–Kier alpha value is -1.67. The first-order chi connectivity index (χ1) is 9.29. The summed E-state index contributed by atoms with van der Waals surface area (Å²) in [5.41, 5.74) is 4.05. The van der Waals surface area contributed by atoms with Gasteiger partial charge in [-0.25, -0.2) is 4.39 Å². The van der Waals surface area contributed by atoms with Gasteiger partial charge in [-0.15, -0.1) is 0 Å². The van der Waals surface area contributed by atoms with Gasteiger partial charge in [-0.05, 0) is 48.2 Å². The lowest BCUT2D eigenvalue weighted by molar-refractivity contribution is 0.594. The van der Waals surface area contributed by atoms with Crippen LogP contribution in [0.1, 0.15) is 34.9 Å². The molecule has 19 heavy (non-hydrogen) atoms. The Morgan fingerprint density at radius 3 is 2.42 bits per heavy atom. The first kappa shape index (κ1) is 12.4. The number of nitrogens with one attached hydrogen (secondary N) is 1. The maximum absolute atomic E-state index is 13.1. The molecule has 0 saturated heterocycles. The maximum Gasteiger partial charge on any atom is 0.123 e. The standard InChI is InChI=1S/C17H18FN/c1-19-11-13-10-17(12-6-8-14(18)9-7-12)16-5-3-2-4-15(13)16/h2-9,13,17,19H,10-11H2,1H3/t13-,17+/m1/s1. The maximum atomic E-state index is 13.1. The average Bonchev–Trinajstić information content (AvgIpc) is 2.80. The van der Waals surface area contributed by atoms with Crippen LogP contribution in [0.15, 0.2) is 48.5 Å². The quantitative estimate of drug-likeness (QED) is 0.882. The third-order valence-electron chi connectivity index (χ3n) is 4.05. The van der Waals surface area contributed by atoms with Crippen LogP contribution < -0.4 is 5.32 Å². The summed E-state index contributed by atoms with van der Waals surface area (Å²) in [4.78, 5) is 0. The van der Waals surface area contributed by atoms with E-state index in [1.165, 1.54) is 16.7 Å². The van der Waals surface area contributed by atoms with Crippen molar-refractivity contribution >= 4 is 0 Å². The van der Waals surface area contributed by atoms with E-state index in [1.54, 1.807) is 12.1 Å². The molecule has 2 aromatic carbocycles. The summed E-state index contributed by atoms with van der Waals surface area (Å²) in [6.45, 7) is 0.995. The third-order valence-corrected chi connectivity index (χ3v) is 4.05. The molecule has 2 heteroatoms. The summed E-state index contributed by atoms with van der Waals surface area (Å²) >= 11 is 0. The van der Waals surface area contributed by atoms with Crippen LogP contribution in [0.25, 0.3) is 0 Å². The fourth-order valence-electron chi connectivity index (χ4n) is 3.19. The summed E-state index contributed by atoms with van der Waals surface area (Å²) in [5, 5.41) is 3.27. The first-order valence-electron chi connectivity index (χ1n) is 6.78. The first-order valence-corrected chi connectivity index (χ1v) is 6.78. The lowest BCUT2D eigenvalue weighted by Crippen LogP contribution is -2.15. The Kier molecular flexibility index (Phi) is 3.34. The van der Waals surface area contributed by atoms with Gasteiger partial charge in [-0.2, -0.15) is 0 Å². The van der Waals surface area contributed by atoms with Crippen molar-refractivity contribution in [1.82, 2.24) is 5.32 Å². The topological polar surface area (TPSA) is 12.0 Å². The van der Waals surface area contributed by atoms with Crippen LogP contribution >= 0.6 is 0 Å². The van der Waals surface area contributed by atoms with Gasteiger partial charge in [0.05, 0.1) is 0 Å². The van der Waals surface area contributed by atoms with Crippen LogP contribution in [0, 0.1) is 5.82 Å². The summed E-state index contributed by atoms with van der Waals surface area (Å²) in [6.07, 6.45) is 1.10. The molecule has 0 fully saturated rings. The molecule has 0 saturated carbocycles. The molecule has 1 aliphatic rings. The van der Waals surface area contributed by atoms with Crippen molar-refractivity contribution in [2.45, 2.75) is 18.3 Å². The largest absolute Gasteiger partial charge is 0.319 e. The van der Waals surface area contributed by atoms with Crippen molar-refractivity contribution in [2.24, 2.45) is 0 Å². The van der Waals surface area contributed by atoms with Gasteiger partial charge in [0.15, 0.2) is 0 Å². The predicted molar refractivity (Wildman–Crippen MR) is 76.0 cm³/mol. The van der Waals surface area contributed by atoms with Crippen molar-refractivity contribution in [3.05, 3.63) is 71.0 Å². The smallest absolute Gasteiger partial charge is 0.123 e. The molecule has 0 spiro atoms. The molecule has 2 aromatic rings. The Balaban J connectivity index is 1.98. The summed E-state index contributed by atoms with van der Waals surface area (Å²) < 4.78 is 13.1. The molecule has 98 valence electrons. The number of likely N-dealkylation sites (N-methyl/N-ethyl adjacent to an activating group) is 1. The van der Waals surface area contributed by atoms with Gasteiger partial charge < -0.3 is 5.32 Å². The third kappa shape index (κ3) is 2.28. The van der Waals surface area contributed by atoms with Gasteiger partial charge in [-0.3, -0.25) is 0 Å². The Morgan fingerprint density at radius 1 is 1.05 bits per heavy atom. The molecule has 0 bridgehead atoms.